The first-order valence-corrected chi connectivity index (χ1v) is 2.40. The maximum Gasteiger partial charge on any atom is 0.203 e. The van der Waals surface area contributed by atoms with E-state index in [0.717, 1.165) is 0 Å². The molecule has 1 rings (SSSR count). The van der Waals surface area contributed by atoms with Gasteiger partial charge in [0.1, 0.15) is 11.3 Å². The molecule has 0 aliphatic heterocycles. The third kappa shape index (κ3) is 0.898. The fraction of sp³-hybridized carbons (Fsp3) is 0. The molecule has 0 fully saturated rings. The summed E-state index contributed by atoms with van der Waals surface area (Å²) in [7, 11) is 0. The molecule has 1 aromatic rings. The summed E-state index contributed by atoms with van der Waals surface area (Å²) in [6, 6.07) is 1.27. The Kier molecular flexibility index (Phi) is 1.35. The van der Waals surface area contributed by atoms with Crippen LogP contribution in [0, 0.1) is 0 Å². The smallest absolute Gasteiger partial charge is 0.203 e. The number of hydrogen-bond acceptors (Lipinski definition) is 2. The minimum atomic E-state index is -0.210. The minimum absolute atomic E-state index is 0.118. The summed E-state index contributed by atoms with van der Waals surface area (Å²) < 4.78 is 4.56. The Morgan fingerprint density at radius 1 is 1.62 bits per heavy atom. The highest BCUT2D eigenvalue weighted by Crippen LogP contribution is 1.96. The number of rotatable bonds is 0. The van der Waals surface area contributed by atoms with Gasteiger partial charge < -0.3 is 4.42 Å². The molecule has 0 unspecified atom stereocenters. The van der Waals surface area contributed by atoms with Crippen LogP contribution in [0.1, 0.15) is 0 Å². The van der Waals surface area contributed by atoms with E-state index in [1.54, 1.807) is 0 Å². The van der Waals surface area contributed by atoms with E-state index in [-0.39, 0.29) is 10.5 Å². The summed E-state index contributed by atoms with van der Waals surface area (Å²) in [5.41, 5.74) is -0.210. The molecule has 3 heteroatoms. The van der Waals surface area contributed by atoms with E-state index in [9.17, 15) is 4.79 Å². The van der Waals surface area contributed by atoms with E-state index >= 15 is 0 Å². The van der Waals surface area contributed by atoms with Crippen molar-refractivity contribution in [2.24, 2.45) is 0 Å². The van der Waals surface area contributed by atoms with Crippen LogP contribution in [-0.2, 0) is 0 Å². The average Bonchev–Trinajstić information content (AvgIpc) is 1.77. The van der Waals surface area contributed by atoms with Crippen molar-refractivity contribution in [3.8, 4) is 0 Å². The number of hydrogen-bond donors (Lipinski definition) is 0. The summed E-state index contributed by atoms with van der Waals surface area (Å²) in [5.74, 6) is 0. The van der Waals surface area contributed by atoms with Crippen molar-refractivity contribution in [1.82, 2.24) is 0 Å². The largest absolute Gasteiger partial charge is 0.471 e. The molecular weight excluding hydrogens is 128 g/mol. The SMILES string of the molecule is O=c1ccocc1Cl. The highest BCUT2D eigenvalue weighted by Gasteiger charge is 1.88. The molecule has 1 aromatic heterocycles. The molecule has 0 amide bonds. The Balaban J connectivity index is 3.35. The van der Waals surface area contributed by atoms with E-state index < -0.39 is 0 Å². The van der Waals surface area contributed by atoms with E-state index in [4.69, 9.17) is 11.6 Å². The van der Waals surface area contributed by atoms with Gasteiger partial charge in [-0.2, -0.15) is 0 Å². The second kappa shape index (κ2) is 2.01. The molecule has 8 heavy (non-hydrogen) atoms. The van der Waals surface area contributed by atoms with Gasteiger partial charge in [0.25, 0.3) is 0 Å². The van der Waals surface area contributed by atoms with Crippen LogP contribution in [-0.4, -0.2) is 0 Å². The molecule has 0 aromatic carbocycles. The molecule has 42 valence electrons. The highest BCUT2D eigenvalue weighted by atomic mass is 35.5. The van der Waals surface area contributed by atoms with Crippen LogP contribution in [0.25, 0.3) is 0 Å². The van der Waals surface area contributed by atoms with E-state index in [0.29, 0.717) is 0 Å². The lowest BCUT2D eigenvalue weighted by atomic mass is 10.5. The maximum atomic E-state index is 10.4. The molecule has 0 saturated carbocycles. The normalized spacial score (nSPS) is 9.12. The maximum absolute atomic E-state index is 10.4. The van der Waals surface area contributed by atoms with Crippen molar-refractivity contribution < 1.29 is 4.42 Å². The van der Waals surface area contributed by atoms with Crippen molar-refractivity contribution in [2.45, 2.75) is 0 Å². The van der Waals surface area contributed by atoms with Crippen molar-refractivity contribution in [1.29, 1.82) is 0 Å². The molecule has 0 bridgehead atoms. The Morgan fingerprint density at radius 2 is 2.38 bits per heavy atom. The first-order chi connectivity index (χ1) is 3.80. The monoisotopic (exact) mass is 130 g/mol. The van der Waals surface area contributed by atoms with Gasteiger partial charge in [-0.15, -0.1) is 0 Å². The number of halogens is 1. The van der Waals surface area contributed by atoms with Crippen LogP contribution in [0.4, 0.5) is 0 Å². The molecule has 0 aliphatic carbocycles. The summed E-state index contributed by atoms with van der Waals surface area (Å²) in [5, 5.41) is 0.118. The van der Waals surface area contributed by atoms with Crippen molar-refractivity contribution in [2.75, 3.05) is 0 Å². The molecule has 2 nitrogen and oxygen atoms in total. The Bertz CT molecular complexity index is 228. The molecule has 0 spiro atoms. The van der Waals surface area contributed by atoms with Crippen LogP contribution < -0.4 is 5.43 Å². The molecule has 0 N–H and O–H groups in total. The molecule has 0 radical (unpaired) electrons. The zero-order chi connectivity index (χ0) is 5.98. The van der Waals surface area contributed by atoms with E-state index in [2.05, 4.69) is 4.42 Å². The van der Waals surface area contributed by atoms with Crippen molar-refractivity contribution >= 4 is 11.6 Å². The predicted molar refractivity (Wildman–Crippen MR) is 30.0 cm³/mol. The van der Waals surface area contributed by atoms with Gasteiger partial charge in [-0.05, 0) is 0 Å². The zero-order valence-corrected chi connectivity index (χ0v) is 4.68. The van der Waals surface area contributed by atoms with Crippen LogP contribution in [0.5, 0.6) is 0 Å². The lowest BCUT2D eigenvalue weighted by Crippen LogP contribution is -1.95. The van der Waals surface area contributed by atoms with Gasteiger partial charge in [-0.3, -0.25) is 4.79 Å². The molecule has 0 aliphatic rings. The lowest BCUT2D eigenvalue weighted by molar-refractivity contribution is 0.548. The Morgan fingerprint density at radius 3 is 2.75 bits per heavy atom. The van der Waals surface area contributed by atoms with Gasteiger partial charge in [0.2, 0.25) is 5.43 Å². The third-order valence-corrected chi connectivity index (χ3v) is 0.980. The standard InChI is InChI=1S/C5H3ClO2/c6-4-3-8-2-1-5(4)7/h1-3H. The topological polar surface area (TPSA) is 30.2 Å². The van der Waals surface area contributed by atoms with Gasteiger partial charge in [0.05, 0.1) is 6.26 Å². The van der Waals surface area contributed by atoms with Gasteiger partial charge >= 0.3 is 0 Å². The second-order valence-corrected chi connectivity index (χ2v) is 1.68. The second-order valence-electron chi connectivity index (χ2n) is 1.27. The fourth-order valence-electron chi connectivity index (χ4n) is 0.338. The first kappa shape index (κ1) is 5.38. The van der Waals surface area contributed by atoms with E-state index in [1.807, 2.05) is 0 Å². The Labute approximate surface area is 50.7 Å². The molecule has 0 atom stereocenters. The van der Waals surface area contributed by atoms with Gasteiger partial charge in [-0.1, -0.05) is 11.6 Å². The molecular formula is C5H3ClO2. The quantitative estimate of drug-likeness (QED) is 0.530. The third-order valence-electron chi connectivity index (χ3n) is 0.705. The average molecular weight is 131 g/mol. The van der Waals surface area contributed by atoms with Crippen LogP contribution >= 0.6 is 11.6 Å². The molecule has 0 saturated heterocycles. The van der Waals surface area contributed by atoms with E-state index in [1.165, 1.54) is 18.6 Å². The van der Waals surface area contributed by atoms with Gasteiger partial charge in [0.15, 0.2) is 0 Å². The highest BCUT2D eigenvalue weighted by molar-refractivity contribution is 6.30. The van der Waals surface area contributed by atoms with Crippen molar-refractivity contribution in [3.05, 3.63) is 33.8 Å². The first-order valence-electron chi connectivity index (χ1n) is 2.03. The zero-order valence-electron chi connectivity index (χ0n) is 3.93. The minimum Gasteiger partial charge on any atom is -0.471 e. The van der Waals surface area contributed by atoms with Crippen LogP contribution in [0.3, 0.4) is 0 Å². The van der Waals surface area contributed by atoms with Crippen LogP contribution in [0.2, 0.25) is 5.02 Å². The molecule has 1 heterocycles. The lowest BCUT2D eigenvalue weighted by Gasteiger charge is -1.80. The fourth-order valence-corrected chi connectivity index (χ4v) is 0.452. The van der Waals surface area contributed by atoms with Gasteiger partial charge in [-0.25, -0.2) is 0 Å². The summed E-state index contributed by atoms with van der Waals surface area (Å²) in [6.07, 6.45) is 2.48. The Hall–Kier alpha value is -0.760. The summed E-state index contributed by atoms with van der Waals surface area (Å²) in [6.45, 7) is 0. The predicted octanol–water partition coefficient (Wildman–Crippen LogP) is 1.29. The van der Waals surface area contributed by atoms with Crippen molar-refractivity contribution in [3.63, 3.8) is 0 Å². The van der Waals surface area contributed by atoms with Crippen LogP contribution in [0.15, 0.2) is 27.8 Å². The summed E-state index contributed by atoms with van der Waals surface area (Å²) >= 11 is 5.30. The van der Waals surface area contributed by atoms with Gasteiger partial charge in [0, 0.05) is 6.07 Å². The summed E-state index contributed by atoms with van der Waals surface area (Å²) in [4.78, 5) is 10.4.